The van der Waals surface area contributed by atoms with E-state index in [9.17, 15) is 0 Å². The first-order valence-corrected chi connectivity index (χ1v) is 32.7. The SMILES string of the molecule is Cc1c(-n2c3ccccc3c3ccccc32)nc(-c2ccc3c(c2)C(C)(C)c2cc4c(cc2-3)C(C)(C)c2cc(C3=NC(n5c6ccccc6c6ccccc65)=NC(n5c6ccccc6c6ccccc65)=CC3)c3ccccc3c2-4)nc1-n1c2ccccc2c2ccccc21. The standard InChI is InChI=1S/C86H60N8/c1-50-82(92-73-36-18-10-27-56(73)57-28-11-19-37-74(57)92)89-81(90-83(50)93-75-38-20-12-29-58(75)59-30-13-21-39-76(59)93)51-42-43-53-63-47-68-65(49-67(63)85(2,3)66(53)46-51)80-62-33-7-6-24-52(62)64(48-69(80)86(68,4)5)70-44-45-79(91-71-34-16-8-25-54(71)55-26-9-17-35-72(55)91)88-84(87-70)94-77-40-22-14-31-60(77)61-32-15-23-41-78(61)94/h6-43,45-49H,44H2,1-5H3. The molecular formula is C86H60N8. The molecule has 0 bridgehead atoms. The monoisotopic (exact) mass is 1200 g/mol. The highest BCUT2D eigenvalue weighted by molar-refractivity contribution is 6.23. The summed E-state index contributed by atoms with van der Waals surface area (Å²) >= 11 is 0. The average Bonchev–Trinajstić information content (AvgIpc) is 1.53. The third-order valence-corrected chi connectivity index (χ3v) is 21.2. The van der Waals surface area contributed by atoms with Crippen LogP contribution in [-0.4, -0.2) is 39.9 Å². The number of aliphatic imine (C=N–C) groups is 2. The zero-order valence-electron chi connectivity index (χ0n) is 52.6. The largest absolute Gasteiger partial charge is 0.294 e. The van der Waals surface area contributed by atoms with E-state index in [1.54, 1.807) is 0 Å². The molecule has 2 aliphatic carbocycles. The van der Waals surface area contributed by atoms with E-state index in [2.05, 4.69) is 314 Å². The van der Waals surface area contributed by atoms with E-state index in [1.165, 1.54) is 98.4 Å². The Bertz CT molecular complexity index is 6000. The summed E-state index contributed by atoms with van der Waals surface area (Å²) in [5, 5.41) is 11.9. The Morgan fingerprint density at radius 3 is 1.15 bits per heavy atom. The van der Waals surface area contributed by atoms with Gasteiger partial charge in [-0.05, 0) is 141 Å². The van der Waals surface area contributed by atoms with Gasteiger partial charge in [-0.25, -0.2) is 15.0 Å². The van der Waals surface area contributed by atoms with Crippen LogP contribution < -0.4 is 0 Å². The minimum atomic E-state index is -0.369. The van der Waals surface area contributed by atoms with Crippen LogP contribution in [0.3, 0.4) is 0 Å². The molecule has 0 amide bonds. The molecule has 12 aromatic carbocycles. The van der Waals surface area contributed by atoms with Gasteiger partial charge in [0.15, 0.2) is 5.82 Å². The predicted octanol–water partition coefficient (Wildman–Crippen LogP) is 21.2. The summed E-state index contributed by atoms with van der Waals surface area (Å²) in [6, 6.07) is 93.1. The van der Waals surface area contributed by atoms with Crippen LogP contribution in [0.4, 0.5) is 0 Å². The van der Waals surface area contributed by atoms with Crippen LogP contribution in [0.5, 0.6) is 0 Å². The Morgan fingerprint density at radius 2 is 0.681 bits per heavy atom. The summed E-state index contributed by atoms with van der Waals surface area (Å²) in [5.41, 5.74) is 22.4. The number of hydrogen-bond acceptors (Lipinski definition) is 4. The molecule has 8 heteroatoms. The summed E-state index contributed by atoms with van der Waals surface area (Å²) in [6.07, 6.45) is 2.87. The molecule has 1 aliphatic heterocycles. The third-order valence-electron chi connectivity index (χ3n) is 21.2. The molecule has 94 heavy (non-hydrogen) atoms. The van der Waals surface area contributed by atoms with E-state index < -0.39 is 0 Å². The Morgan fingerprint density at radius 1 is 0.319 bits per heavy atom. The van der Waals surface area contributed by atoms with Crippen molar-refractivity contribution in [2.24, 2.45) is 9.98 Å². The summed E-state index contributed by atoms with van der Waals surface area (Å²) in [6.45, 7) is 11.8. The fourth-order valence-electron chi connectivity index (χ4n) is 16.8. The molecule has 0 fully saturated rings. The van der Waals surface area contributed by atoms with E-state index >= 15 is 0 Å². The minimum Gasteiger partial charge on any atom is -0.294 e. The molecule has 6 heterocycles. The van der Waals surface area contributed by atoms with Crippen molar-refractivity contribution < 1.29 is 0 Å². The molecule has 0 unspecified atom stereocenters. The van der Waals surface area contributed by atoms with Crippen molar-refractivity contribution in [3.05, 3.63) is 294 Å². The summed E-state index contributed by atoms with van der Waals surface area (Å²) < 4.78 is 9.32. The lowest BCUT2D eigenvalue weighted by molar-refractivity contribution is 0.652. The molecule has 3 aliphatic rings. The second-order valence-corrected chi connectivity index (χ2v) is 26.9. The molecule has 0 atom stereocenters. The van der Waals surface area contributed by atoms with Gasteiger partial charge in [0.2, 0.25) is 5.96 Å². The Labute approximate surface area is 542 Å². The Kier molecular flexibility index (Phi) is 10.8. The van der Waals surface area contributed by atoms with Crippen molar-refractivity contribution in [1.82, 2.24) is 28.2 Å². The number of hydrogen-bond donors (Lipinski definition) is 0. The van der Waals surface area contributed by atoms with Crippen LogP contribution in [-0.2, 0) is 10.8 Å². The average molecular weight is 1210 g/mol. The lowest BCUT2D eigenvalue weighted by atomic mass is 9.79. The van der Waals surface area contributed by atoms with E-state index in [-0.39, 0.29) is 10.8 Å². The van der Waals surface area contributed by atoms with Gasteiger partial charge in [0, 0.05) is 77.0 Å². The number of fused-ring (bicyclic) bond motifs is 20. The third kappa shape index (κ3) is 7.17. The van der Waals surface area contributed by atoms with Gasteiger partial charge in [-0.1, -0.05) is 210 Å². The fourth-order valence-corrected chi connectivity index (χ4v) is 16.8. The number of allylic oxidation sites excluding steroid dienone is 1. The second-order valence-electron chi connectivity index (χ2n) is 26.9. The number of para-hydroxylation sites is 8. The topological polar surface area (TPSA) is 70.2 Å². The zero-order chi connectivity index (χ0) is 62.5. The van der Waals surface area contributed by atoms with Crippen molar-refractivity contribution in [3.63, 3.8) is 0 Å². The van der Waals surface area contributed by atoms with Crippen LogP contribution in [0, 0.1) is 6.92 Å². The maximum atomic E-state index is 5.85. The van der Waals surface area contributed by atoms with Crippen LogP contribution >= 0.6 is 0 Å². The highest BCUT2D eigenvalue weighted by atomic mass is 15.2. The maximum Gasteiger partial charge on any atom is 0.236 e. The van der Waals surface area contributed by atoms with Crippen molar-refractivity contribution >= 4 is 115 Å². The summed E-state index contributed by atoms with van der Waals surface area (Å²) in [7, 11) is 0. The first kappa shape index (κ1) is 53.0. The van der Waals surface area contributed by atoms with Crippen molar-refractivity contribution in [2.45, 2.75) is 51.9 Å². The molecule has 8 nitrogen and oxygen atoms in total. The van der Waals surface area contributed by atoms with Gasteiger partial charge in [-0.3, -0.25) is 18.3 Å². The van der Waals surface area contributed by atoms with Crippen molar-refractivity contribution in [2.75, 3.05) is 0 Å². The van der Waals surface area contributed by atoms with Crippen LogP contribution in [0.15, 0.2) is 271 Å². The van der Waals surface area contributed by atoms with Crippen LogP contribution in [0.1, 0.15) is 67.5 Å². The first-order valence-electron chi connectivity index (χ1n) is 32.7. The molecule has 0 saturated heterocycles. The highest BCUT2D eigenvalue weighted by Crippen LogP contribution is 2.58. The molecule has 444 valence electrons. The predicted molar refractivity (Wildman–Crippen MR) is 391 cm³/mol. The molecule has 20 rings (SSSR count). The summed E-state index contributed by atoms with van der Waals surface area (Å²) in [5.74, 6) is 3.87. The lowest BCUT2D eigenvalue weighted by Gasteiger charge is -2.24. The van der Waals surface area contributed by atoms with Crippen LogP contribution in [0.2, 0.25) is 0 Å². The smallest absolute Gasteiger partial charge is 0.236 e. The van der Waals surface area contributed by atoms with Gasteiger partial charge in [-0.15, -0.1) is 0 Å². The Balaban J connectivity index is 0.747. The molecule has 5 aromatic heterocycles. The number of benzene rings is 12. The van der Waals surface area contributed by atoms with Gasteiger partial charge < -0.3 is 0 Å². The van der Waals surface area contributed by atoms with Gasteiger partial charge in [0.05, 0.1) is 49.8 Å². The zero-order valence-corrected chi connectivity index (χ0v) is 52.6. The maximum absolute atomic E-state index is 5.85. The quantitative estimate of drug-likeness (QED) is 0.172. The van der Waals surface area contributed by atoms with Gasteiger partial charge >= 0.3 is 0 Å². The number of rotatable bonds is 5. The van der Waals surface area contributed by atoms with Crippen molar-refractivity contribution in [3.8, 4) is 45.3 Å². The lowest BCUT2D eigenvalue weighted by Crippen LogP contribution is -2.18. The van der Waals surface area contributed by atoms with Gasteiger partial charge in [0.25, 0.3) is 0 Å². The molecule has 0 N–H and O–H groups in total. The normalized spacial score (nSPS) is 14.8. The van der Waals surface area contributed by atoms with E-state index in [1.807, 2.05) is 0 Å². The van der Waals surface area contributed by atoms with Crippen molar-refractivity contribution in [1.29, 1.82) is 0 Å². The molecule has 0 spiro atoms. The van der Waals surface area contributed by atoms with Gasteiger partial charge in [-0.2, -0.15) is 4.99 Å². The molecule has 0 radical (unpaired) electrons. The van der Waals surface area contributed by atoms with E-state index in [0.717, 1.165) is 84.0 Å². The molecular weight excluding hydrogens is 1150 g/mol. The molecule has 0 saturated carbocycles. The highest BCUT2D eigenvalue weighted by Gasteiger charge is 2.43. The minimum absolute atomic E-state index is 0.369. The number of aromatic nitrogens is 6. The molecule has 17 aromatic rings. The van der Waals surface area contributed by atoms with E-state index in [4.69, 9.17) is 20.0 Å². The summed E-state index contributed by atoms with van der Waals surface area (Å²) in [4.78, 5) is 23.0. The van der Waals surface area contributed by atoms with Gasteiger partial charge in [0.1, 0.15) is 17.5 Å². The second kappa shape index (κ2) is 19.2. The van der Waals surface area contributed by atoms with Crippen LogP contribution in [0.25, 0.3) is 149 Å². The number of nitrogens with zero attached hydrogens (tertiary/aromatic N) is 8. The van der Waals surface area contributed by atoms with E-state index in [0.29, 0.717) is 18.2 Å². The fraction of sp³-hybridized carbons (Fsp3) is 0.0930. The first-order chi connectivity index (χ1) is 46.1. The Hall–Kier alpha value is -11.7.